The number of benzene rings is 3. The summed E-state index contributed by atoms with van der Waals surface area (Å²) in [4.78, 5) is 3.98. The summed E-state index contributed by atoms with van der Waals surface area (Å²) in [5, 5.41) is 5.91. The molecule has 0 fully saturated rings. The van der Waals surface area contributed by atoms with Gasteiger partial charge in [-0.15, -0.1) is 0 Å². The third-order valence-corrected chi connectivity index (χ3v) is 6.63. The molecule has 7 nitrogen and oxygen atoms in total. The van der Waals surface area contributed by atoms with Crippen LogP contribution in [0, 0.1) is 0 Å². The molecule has 3 aromatic rings. The van der Waals surface area contributed by atoms with E-state index in [1.54, 1.807) is 12.1 Å². The number of hydrogen-bond acceptors (Lipinski definition) is 6. The molecule has 0 unspecified atom stereocenters. The van der Waals surface area contributed by atoms with Gasteiger partial charge in [0.25, 0.3) is 0 Å². The Bertz CT molecular complexity index is 1260. The average Bonchev–Trinajstić information content (AvgIpc) is 3.19. The second-order valence-corrected chi connectivity index (χ2v) is 9.88. The van der Waals surface area contributed by atoms with Crippen molar-refractivity contribution in [2.45, 2.75) is 4.90 Å². The van der Waals surface area contributed by atoms with Gasteiger partial charge in [0.2, 0.25) is 16.8 Å². The molecule has 2 N–H and O–H groups in total. The summed E-state index contributed by atoms with van der Waals surface area (Å²) in [7, 11) is 3.99. The van der Waals surface area contributed by atoms with Gasteiger partial charge in [0, 0.05) is 28.2 Å². The summed E-state index contributed by atoms with van der Waals surface area (Å²) in [5.74, 6) is 1.28. The molecule has 0 spiro atoms. The van der Waals surface area contributed by atoms with Crippen LogP contribution in [-0.2, 0) is 10.0 Å². The summed E-state index contributed by atoms with van der Waals surface area (Å²) >= 11 is 6.67. The maximum atomic E-state index is 11.7. The van der Waals surface area contributed by atoms with Gasteiger partial charge < -0.3 is 19.3 Å². The van der Waals surface area contributed by atoms with Crippen LogP contribution in [0.25, 0.3) is 22.3 Å². The number of rotatable bonds is 5. The first-order chi connectivity index (χ1) is 15.1. The van der Waals surface area contributed by atoms with Gasteiger partial charge in [-0.1, -0.05) is 23.7 Å². The van der Waals surface area contributed by atoms with Crippen LogP contribution < -0.4 is 24.4 Å². The van der Waals surface area contributed by atoms with Crippen molar-refractivity contribution in [1.82, 2.24) is 0 Å². The SMILES string of the molecule is CN(C)c1cc(-c2cc3c(cc2-c2ccc(S(N)(=O)=O)cc2)OCO3)cc(N(C)C)c1Cl. The van der Waals surface area contributed by atoms with E-state index < -0.39 is 10.0 Å². The zero-order valence-electron chi connectivity index (χ0n) is 18.2. The van der Waals surface area contributed by atoms with E-state index in [9.17, 15) is 8.42 Å². The smallest absolute Gasteiger partial charge is 0.238 e. The highest BCUT2D eigenvalue weighted by atomic mass is 35.5. The van der Waals surface area contributed by atoms with E-state index in [2.05, 4.69) is 0 Å². The monoisotopic (exact) mass is 473 g/mol. The Morgan fingerprint density at radius 3 is 1.72 bits per heavy atom. The highest BCUT2D eigenvalue weighted by molar-refractivity contribution is 7.89. The number of sulfonamides is 1. The van der Waals surface area contributed by atoms with E-state index in [1.807, 2.05) is 62.3 Å². The van der Waals surface area contributed by atoms with Crippen molar-refractivity contribution < 1.29 is 17.9 Å². The Hall–Kier alpha value is -2.94. The van der Waals surface area contributed by atoms with Gasteiger partial charge in [-0.3, -0.25) is 0 Å². The van der Waals surface area contributed by atoms with E-state index in [0.29, 0.717) is 16.5 Å². The van der Waals surface area contributed by atoms with E-state index >= 15 is 0 Å². The van der Waals surface area contributed by atoms with Gasteiger partial charge in [0.15, 0.2) is 11.5 Å². The molecular weight excluding hydrogens is 450 g/mol. The minimum absolute atomic E-state index is 0.0554. The van der Waals surface area contributed by atoms with Gasteiger partial charge in [-0.05, 0) is 58.7 Å². The Kier molecular flexibility index (Phi) is 5.70. The van der Waals surface area contributed by atoms with E-state index in [4.69, 9.17) is 26.2 Å². The molecule has 32 heavy (non-hydrogen) atoms. The van der Waals surface area contributed by atoms with Crippen LogP contribution in [0.4, 0.5) is 11.4 Å². The number of anilines is 2. The average molecular weight is 474 g/mol. The number of hydrogen-bond donors (Lipinski definition) is 1. The van der Waals surface area contributed by atoms with Crippen LogP contribution in [0.15, 0.2) is 53.4 Å². The minimum atomic E-state index is -3.78. The number of nitrogens with two attached hydrogens (primary N) is 1. The third-order valence-electron chi connectivity index (χ3n) is 5.32. The van der Waals surface area contributed by atoms with E-state index in [0.717, 1.165) is 33.6 Å². The highest BCUT2D eigenvalue weighted by Gasteiger charge is 2.22. The molecule has 0 aliphatic carbocycles. The molecule has 168 valence electrons. The first kappa shape index (κ1) is 22.3. The normalized spacial score (nSPS) is 12.7. The summed E-state index contributed by atoms with van der Waals surface area (Å²) in [6, 6.07) is 14.3. The van der Waals surface area contributed by atoms with Crippen molar-refractivity contribution in [2.75, 3.05) is 44.8 Å². The minimum Gasteiger partial charge on any atom is -0.454 e. The Morgan fingerprint density at radius 1 is 0.812 bits per heavy atom. The van der Waals surface area contributed by atoms with Crippen LogP contribution in [-0.4, -0.2) is 43.4 Å². The maximum Gasteiger partial charge on any atom is 0.238 e. The summed E-state index contributed by atoms with van der Waals surface area (Å²) in [6.07, 6.45) is 0. The molecule has 0 radical (unpaired) electrons. The van der Waals surface area contributed by atoms with E-state index in [-0.39, 0.29) is 11.7 Å². The van der Waals surface area contributed by atoms with Crippen LogP contribution in [0.5, 0.6) is 11.5 Å². The van der Waals surface area contributed by atoms with Crippen LogP contribution in [0.1, 0.15) is 0 Å². The molecule has 0 aromatic heterocycles. The zero-order valence-corrected chi connectivity index (χ0v) is 19.8. The van der Waals surface area contributed by atoms with Gasteiger partial charge >= 0.3 is 0 Å². The Labute approximate surface area is 193 Å². The standard InChI is InChI=1S/C23H24ClN3O4S/c1-26(2)19-9-15(10-20(23(19)24)27(3)4)18-12-22-21(30-13-31-22)11-17(18)14-5-7-16(8-6-14)32(25,28)29/h5-12H,13H2,1-4H3,(H2,25,28,29). The fourth-order valence-electron chi connectivity index (χ4n) is 3.64. The zero-order chi connectivity index (χ0) is 23.2. The quantitative estimate of drug-likeness (QED) is 0.598. The predicted molar refractivity (Wildman–Crippen MR) is 128 cm³/mol. The van der Waals surface area contributed by atoms with Crippen molar-refractivity contribution in [3.8, 4) is 33.8 Å². The number of nitrogens with zero attached hydrogens (tertiary/aromatic N) is 2. The highest BCUT2D eigenvalue weighted by Crippen LogP contribution is 2.46. The molecule has 0 amide bonds. The van der Waals surface area contributed by atoms with Gasteiger partial charge in [0.1, 0.15) is 0 Å². The first-order valence-electron chi connectivity index (χ1n) is 9.81. The van der Waals surface area contributed by atoms with Crippen LogP contribution in [0.2, 0.25) is 5.02 Å². The summed E-state index contributed by atoms with van der Waals surface area (Å²) in [5.41, 5.74) is 5.28. The van der Waals surface area contributed by atoms with Crippen LogP contribution >= 0.6 is 11.6 Å². The number of halogens is 1. The molecule has 4 rings (SSSR count). The third kappa shape index (κ3) is 4.09. The molecular formula is C23H24ClN3O4S. The summed E-state index contributed by atoms with van der Waals surface area (Å²) in [6.45, 7) is 0.148. The second kappa shape index (κ2) is 8.20. The molecule has 0 atom stereocenters. The molecule has 1 heterocycles. The van der Waals surface area contributed by atoms with Crippen molar-refractivity contribution in [2.24, 2.45) is 5.14 Å². The Morgan fingerprint density at radius 2 is 1.28 bits per heavy atom. The van der Waals surface area contributed by atoms with Gasteiger partial charge in [0.05, 0.1) is 21.3 Å². The lowest BCUT2D eigenvalue weighted by atomic mass is 9.93. The molecule has 3 aromatic carbocycles. The molecule has 9 heteroatoms. The number of fused-ring (bicyclic) bond motifs is 1. The lowest BCUT2D eigenvalue weighted by Gasteiger charge is -2.23. The lowest BCUT2D eigenvalue weighted by molar-refractivity contribution is 0.174. The summed E-state index contributed by atoms with van der Waals surface area (Å²) < 4.78 is 34.6. The molecule has 0 bridgehead atoms. The van der Waals surface area contributed by atoms with Gasteiger partial charge in [-0.25, -0.2) is 13.6 Å². The van der Waals surface area contributed by atoms with Crippen molar-refractivity contribution in [3.63, 3.8) is 0 Å². The maximum absolute atomic E-state index is 11.7. The lowest BCUT2D eigenvalue weighted by Crippen LogP contribution is -2.14. The van der Waals surface area contributed by atoms with Crippen molar-refractivity contribution >= 4 is 33.0 Å². The molecule has 0 saturated heterocycles. The molecule has 0 saturated carbocycles. The fraction of sp³-hybridized carbons (Fsp3) is 0.217. The van der Waals surface area contributed by atoms with E-state index in [1.165, 1.54) is 12.1 Å². The van der Waals surface area contributed by atoms with Crippen LogP contribution in [0.3, 0.4) is 0 Å². The fourth-order valence-corrected chi connectivity index (χ4v) is 4.61. The topological polar surface area (TPSA) is 85.1 Å². The second-order valence-electron chi connectivity index (χ2n) is 7.94. The van der Waals surface area contributed by atoms with Crippen molar-refractivity contribution in [3.05, 3.63) is 53.6 Å². The number of ether oxygens (including phenoxy) is 2. The first-order valence-corrected chi connectivity index (χ1v) is 11.7. The molecule has 1 aliphatic heterocycles. The van der Waals surface area contributed by atoms with Crippen molar-refractivity contribution in [1.29, 1.82) is 0 Å². The Balaban J connectivity index is 1.96. The van der Waals surface area contributed by atoms with Gasteiger partial charge in [-0.2, -0.15) is 0 Å². The predicted octanol–water partition coefficient (Wildman–Crippen LogP) is 4.18. The largest absolute Gasteiger partial charge is 0.454 e. The molecule has 1 aliphatic rings. The number of primary sulfonamides is 1.